The van der Waals surface area contributed by atoms with Gasteiger partial charge in [-0.05, 0) is 39.0 Å². The molecule has 0 saturated heterocycles. The summed E-state index contributed by atoms with van der Waals surface area (Å²) in [5.74, 6) is -2.25. The molecule has 0 heterocycles. The highest BCUT2D eigenvalue weighted by molar-refractivity contribution is 5.98. The van der Waals surface area contributed by atoms with E-state index in [-0.39, 0.29) is 29.1 Å². The van der Waals surface area contributed by atoms with Crippen LogP contribution in [0.5, 0.6) is 0 Å². The van der Waals surface area contributed by atoms with Crippen molar-refractivity contribution < 1.29 is 13.6 Å². The van der Waals surface area contributed by atoms with E-state index >= 15 is 0 Å². The zero-order valence-corrected chi connectivity index (χ0v) is 15.0. The summed E-state index contributed by atoms with van der Waals surface area (Å²) in [5.41, 5.74) is -2.38. The number of benzene rings is 1. The third kappa shape index (κ3) is 4.16. The minimum Gasteiger partial charge on any atom is -0.302 e. The van der Waals surface area contributed by atoms with Crippen molar-refractivity contribution in [1.82, 2.24) is 0 Å². The maximum Gasteiger partial charge on any atom is 0.228 e. The number of aliphatic imine (C=N–C) groups is 1. The number of carbonyl (C=O) groups is 1. The number of anilines is 1. The van der Waals surface area contributed by atoms with Crippen LogP contribution in [0.25, 0.3) is 0 Å². The first-order chi connectivity index (χ1) is 10.8. The standard InChI is InChI=1S/C18H23F2N3O/c1-17(2,3)9-13(24)23(18(4,5)6)16-14(20)11(10-21)8-12(19)15(16)22-7/h8H,7,9H2,1-6H3. The molecule has 0 unspecified atom stereocenters. The predicted octanol–water partition coefficient (Wildman–Crippen LogP) is 4.74. The van der Waals surface area contributed by atoms with Crippen molar-refractivity contribution in [3.63, 3.8) is 0 Å². The van der Waals surface area contributed by atoms with Gasteiger partial charge in [0, 0.05) is 12.0 Å². The zero-order valence-electron chi connectivity index (χ0n) is 15.0. The highest BCUT2D eigenvalue weighted by Crippen LogP contribution is 2.40. The molecule has 0 aliphatic carbocycles. The number of amides is 1. The SMILES string of the molecule is C=Nc1c(F)cc(C#N)c(F)c1N(C(=O)CC(C)(C)C)C(C)(C)C. The van der Waals surface area contributed by atoms with Crippen molar-refractivity contribution in [2.24, 2.45) is 10.4 Å². The monoisotopic (exact) mass is 335 g/mol. The summed E-state index contributed by atoms with van der Waals surface area (Å²) in [5, 5.41) is 9.03. The number of halogens is 2. The molecule has 0 aliphatic heterocycles. The van der Waals surface area contributed by atoms with Crippen molar-refractivity contribution in [2.45, 2.75) is 53.5 Å². The topological polar surface area (TPSA) is 56.5 Å². The Morgan fingerprint density at radius 1 is 1.29 bits per heavy atom. The van der Waals surface area contributed by atoms with E-state index in [0.29, 0.717) is 0 Å². The van der Waals surface area contributed by atoms with Gasteiger partial charge < -0.3 is 4.90 Å². The van der Waals surface area contributed by atoms with Gasteiger partial charge >= 0.3 is 0 Å². The fourth-order valence-electron chi connectivity index (χ4n) is 2.41. The molecule has 0 aliphatic rings. The average Bonchev–Trinajstić information content (AvgIpc) is 2.39. The molecule has 0 saturated carbocycles. The lowest BCUT2D eigenvalue weighted by Crippen LogP contribution is -2.47. The molecule has 0 fully saturated rings. The Morgan fingerprint density at radius 2 is 1.83 bits per heavy atom. The van der Waals surface area contributed by atoms with Gasteiger partial charge in [0.15, 0.2) is 11.6 Å². The van der Waals surface area contributed by atoms with E-state index in [4.69, 9.17) is 5.26 Å². The lowest BCUT2D eigenvalue weighted by Gasteiger charge is -2.38. The van der Waals surface area contributed by atoms with Crippen LogP contribution >= 0.6 is 0 Å². The summed E-state index contributed by atoms with van der Waals surface area (Å²) in [6.45, 7) is 14.0. The molecule has 0 radical (unpaired) electrons. The van der Waals surface area contributed by atoms with E-state index in [1.165, 1.54) is 4.90 Å². The minimum atomic E-state index is -0.974. The van der Waals surface area contributed by atoms with Crippen molar-refractivity contribution >= 4 is 24.0 Å². The summed E-state index contributed by atoms with van der Waals surface area (Å²) in [4.78, 5) is 17.5. The van der Waals surface area contributed by atoms with Crippen molar-refractivity contribution in [2.75, 3.05) is 4.90 Å². The van der Waals surface area contributed by atoms with Gasteiger partial charge in [-0.2, -0.15) is 5.26 Å². The van der Waals surface area contributed by atoms with E-state index in [2.05, 4.69) is 11.7 Å². The van der Waals surface area contributed by atoms with Crippen LogP contribution in [-0.2, 0) is 4.79 Å². The summed E-state index contributed by atoms with van der Waals surface area (Å²) in [6, 6.07) is 2.37. The molecule has 0 bridgehead atoms. The number of rotatable bonds is 3. The molecule has 1 aromatic carbocycles. The van der Waals surface area contributed by atoms with Gasteiger partial charge in [0.2, 0.25) is 5.91 Å². The Morgan fingerprint density at radius 3 is 2.21 bits per heavy atom. The van der Waals surface area contributed by atoms with Crippen molar-refractivity contribution in [1.29, 1.82) is 5.26 Å². The van der Waals surface area contributed by atoms with Crippen LogP contribution in [0.2, 0.25) is 0 Å². The molecular weight excluding hydrogens is 312 g/mol. The first-order valence-corrected chi connectivity index (χ1v) is 7.55. The fourth-order valence-corrected chi connectivity index (χ4v) is 2.41. The third-order valence-electron chi connectivity index (χ3n) is 3.27. The summed E-state index contributed by atoms with van der Waals surface area (Å²) in [7, 11) is 0. The van der Waals surface area contributed by atoms with E-state index in [1.807, 2.05) is 20.8 Å². The van der Waals surface area contributed by atoms with E-state index < -0.39 is 22.7 Å². The van der Waals surface area contributed by atoms with Crippen LogP contribution in [0.1, 0.15) is 53.5 Å². The maximum absolute atomic E-state index is 14.8. The van der Waals surface area contributed by atoms with Gasteiger partial charge in [-0.15, -0.1) is 0 Å². The summed E-state index contributed by atoms with van der Waals surface area (Å²) < 4.78 is 29.0. The highest BCUT2D eigenvalue weighted by Gasteiger charge is 2.36. The summed E-state index contributed by atoms with van der Waals surface area (Å²) in [6.07, 6.45) is 0.124. The van der Waals surface area contributed by atoms with Crippen LogP contribution in [0.15, 0.2) is 11.1 Å². The smallest absolute Gasteiger partial charge is 0.228 e. The van der Waals surface area contributed by atoms with E-state index in [0.717, 1.165) is 6.07 Å². The fraction of sp³-hybridized carbons (Fsp3) is 0.500. The summed E-state index contributed by atoms with van der Waals surface area (Å²) >= 11 is 0. The normalized spacial score (nSPS) is 11.8. The number of nitriles is 1. The molecule has 1 rings (SSSR count). The number of nitrogens with zero attached hydrogens (tertiary/aromatic N) is 3. The Kier molecular flexibility index (Phi) is 5.50. The third-order valence-corrected chi connectivity index (χ3v) is 3.27. The van der Waals surface area contributed by atoms with Gasteiger partial charge in [0.05, 0.1) is 5.56 Å². The molecular formula is C18H23F2N3O. The van der Waals surface area contributed by atoms with Crippen LogP contribution in [-0.4, -0.2) is 18.2 Å². The number of hydrogen-bond donors (Lipinski definition) is 0. The maximum atomic E-state index is 14.8. The lowest BCUT2D eigenvalue weighted by atomic mass is 9.90. The first kappa shape index (κ1) is 19.8. The van der Waals surface area contributed by atoms with Crippen LogP contribution in [0.3, 0.4) is 0 Å². The van der Waals surface area contributed by atoms with Crippen molar-refractivity contribution in [3.05, 3.63) is 23.3 Å². The molecule has 6 heteroatoms. The second kappa shape index (κ2) is 6.68. The molecule has 130 valence electrons. The highest BCUT2D eigenvalue weighted by atomic mass is 19.1. The number of hydrogen-bond acceptors (Lipinski definition) is 3. The quantitative estimate of drug-likeness (QED) is 0.749. The molecule has 1 amide bonds. The molecule has 1 aromatic rings. The molecule has 4 nitrogen and oxygen atoms in total. The van der Waals surface area contributed by atoms with Crippen LogP contribution < -0.4 is 4.90 Å². The molecule has 0 atom stereocenters. The molecule has 0 spiro atoms. The van der Waals surface area contributed by atoms with Crippen LogP contribution in [0.4, 0.5) is 20.2 Å². The molecule has 24 heavy (non-hydrogen) atoms. The van der Waals surface area contributed by atoms with Gasteiger partial charge in [0.1, 0.15) is 17.4 Å². The van der Waals surface area contributed by atoms with E-state index in [1.54, 1.807) is 26.8 Å². The Labute approximate surface area is 141 Å². The van der Waals surface area contributed by atoms with Crippen LogP contribution in [0, 0.1) is 28.4 Å². The Bertz CT molecular complexity index is 707. The van der Waals surface area contributed by atoms with Gasteiger partial charge in [0.25, 0.3) is 0 Å². The Balaban J connectivity index is 3.73. The average molecular weight is 335 g/mol. The lowest BCUT2D eigenvalue weighted by molar-refractivity contribution is -0.121. The Hall–Kier alpha value is -2.29. The zero-order chi connectivity index (χ0) is 18.9. The van der Waals surface area contributed by atoms with Gasteiger partial charge in [-0.1, -0.05) is 20.8 Å². The van der Waals surface area contributed by atoms with Gasteiger partial charge in [-0.3, -0.25) is 9.79 Å². The largest absolute Gasteiger partial charge is 0.302 e. The minimum absolute atomic E-state index is 0.124. The molecule has 0 N–H and O–H groups in total. The number of carbonyl (C=O) groups excluding carboxylic acids is 1. The first-order valence-electron chi connectivity index (χ1n) is 7.55. The molecule has 0 aromatic heterocycles. The second-order valence-electron chi connectivity index (χ2n) is 7.82. The van der Waals surface area contributed by atoms with Crippen molar-refractivity contribution in [3.8, 4) is 6.07 Å². The second-order valence-corrected chi connectivity index (χ2v) is 7.82. The predicted molar refractivity (Wildman–Crippen MR) is 91.6 cm³/mol. The van der Waals surface area contributed by atoms with E-state index in [9.17, 15) is 13.6 Å². The van der Waals surface area contributed by atoms with Gasteiger partial charge in [-0.25, -0.2) is 8.78 Å².